The van der Waals surface area contributed by atoms with E-state index in [0.717, 1.165) is 38.9 Å². The van der Waals surface area contributed by atoms with E-state index in [4.69, 9.17) is 4.74 Å². The summed E-state index contributed by atoms with van der Waals surface area (Å²) in [5, 5.41) is 28.8. The number of ether oxygens (including phenoxy) is 1. The minimum atomic E-state index is -1.08. The lowest BCUT2D eigenvalue weighted by molar-refractivity contribution is -0.147. The van der Waals surface area contributed by atoms with Crippen molar-refractivity contribution in [1.82, 2.24) is 24.9 Å². The molecule has 0 bridgehead atoms. The highest BCUT2D eigenvalue weighted by Crippen LogP contribution is 2.44. The van der Waals surface area contributed by atoms with Crippen molar-refractivity contribution < 1.29 is 19.7 Å². The molecule has 1 aliphatic heterocycles. The molecule has 39 heavy (non-hydrogen) atoms. The van der Waals surface area contributed by atoms with Gasteiger partial charge in [-0.15, -0.1) is 5.10 Å². The molecule has 9 heteroatoms. The Labute approximate surface area is 228 Å². The molecule has 1 aliphatic rings. The number of benzene rings is 2. The molecular formula is C30H35N5O4. The average molecular weight is 530 g/mol. The Bertz CT molecular complexity index is 1560. The second-order valence-electron chi connectivity index (χ2n) is 11.2. The Morgan fingerprint density at radius 3 is 2.69 bits per heavy atom. The zero-order chi connectivity index (χ0) is 28.1. The molecule has 2 aromatic heterocycles. The Morgan fingerprint density at radius 2 is 1.95 bits per heavy atom. The molecule has 2 aromatic carbocycles. The molecule has 9 nitrogen and oxygen atoms in total. The first-order valence-electron chi connectivity index (χ1n) is 13.1. The summed E-state index contributed by atoms with van der Waals surface area (Å²) in [5.41, 5.74) is 6.32. The summed E-state index contributed by atoms with van der Waals surface area (Å²) in [4.78, 5) is 19.2. The summed E-state index contributed by atoms with van der Waals surface area (Å²) in [5.74, 6) is -0.619. The first-order chi connectivity index (χ1) is 18.5. The number of pyridine rings is 1. The number of aromatic nitrogens is 4. The van der Waals surface area contributed by atoms with Gasteiger partial charge in [0.2, 0.25) is 5.88 Å². The van der Waals surface area contributed by atoms with Gasteiger partial charge >= 0.3 is 5.97 Å². The maximum absolute atomic E-state index is 12.6. The van der Waals surface area contributed by atoms with Gasteiger partial charge in [-0.2, -0.15) is 0 Å². The van der Waals surface area contributed by atoms with Crippen LogP contribution in [0.2, 0.25) is 0 Å². The largest absolute Gasteiger partial charge is 0.493 e. The van der Waals surface area contributed by atoms with Crippen LogP contribution in [-0.4, -0.2) is 53.7 Å². The Balaban J connectivity index is 1.56. The van der Waals surface area contributed by atoms with E-state index < -0.39 is 17.3 Å². The van der Waals surface area contributed by atoms with Crippen LogP contribution in [0.25, 0.3) is 11.0 Å². The highest BCUT2D eigenvalue weighted by molar-refractivity contribution is 5.81. The van der Waals surface area contributed by atoms with Crippen LogP contribution >= 0.6 is 0 Å². The van der Waals surface area contributed by atoms with E-state index in [9.17, 15) is 15.0 Å². The summed E-state index contributed by atoms with van der Waals surface area (Å²) >= 11 is 0. The first kappa shape index (κ1) is 26.6. The van der Waals surface area contributed by atoms with Gasteiger partial charge in [0, 0.05) is 38.7 Å². The van der Waals surface area contributed by atoms with Crippen molar-refractivity contribution in [3.63, 3.8) is 0 Å². The van der Waals surface area contributed by atoms with Crippen molar-refractivity contribution in [2.75, 3.05) is 6.54 Å². The maximum atomic E-state index is 12.6. The van der Waals surface area contributed by atoms with Crippen LogP contribution in [0.3, 0.4) is 0 Å². The summed E-state index contributed by atoms with van der Waals surface area (Å²) in [7, 11) is 1.85. The molecule has 0 unspecified atom stereocenters. The van der Waals surface area contributed by atoms with Gasteiger partial charge in [0.25, 0.3) is 0 Å². The Morgan fingerprint density at radius 1 is 1.18 bits per heavy atom. The highest BCUT2D eigenvalue weighted by atomic mass is 16.5. The van der Waals surface area contributed by atoms with E-state index >= 15 is 0 Å². The summed E-state index contributed by atoms with van der Waals surface area (Å²) in [6.07, 6.45) is -0.0545. The lowest BCUT2D eigenvalue weighted by Crippen LogP contribution is -2.33. The van der Waals surface area contributed by atoms with Crippen molar-refractivity contribution in [1.29, 1.82) is 0 Å². The van der Waals surface area contributed by atoms with E-state index in [0.29, 0.717) is 31.1 Å². The van der Waals surface area contributed by atoms with Crippen molar-refractivity contribution in [2.45, 2.75) is 59.7 Å². The molecule has 0 saturated heterocycles. The third kappa shape index (κ3) is 4.94. The number of nitrogens with zero attached hydrogens (tertiary/aromatic N) is 5. The molecule has 0 spiro atoms. The summed E-state index contributed by atoms with van der Waals surface area (Å²) in [6, 6.07) is 13.5. The monoisotopic (exact) mass is 529 g/mol. The SMILES string of the molecule is Cc1ccc([C@@H](c2ccc3c(nnn3C)c2C)C(C)(C)C(=O)O)cc1CN1Cc2nc(O)ccc2O[C@@H](C)C1. The van der Waals surface area contributed by atoms with Crippen molar-refractivity contribution in [2.24, 2.45) is 12.5 Å². The van der Waals surface area contributed by atoms with Crippen LogP contribution < -0.4 is 4.74 Å². The molecular weight excluding hydrogens is 494 g/mol. The van der Waals surface area contributed by atoms with Crippen molar-refractivity contribution in [3.05, 3.63) is 76.0 Å². The molecule has 0 amide bonds. The van der Waals surface area contributed by atoms with Gasteiger partial charge in [-0.05, 0) is 74.6 Å². The van der Waals surface area contributed by atoms with Gasteiger partial charge in [-0.3, -0.25) is 9.69 Å². The minimum absolute atomic E-state index is 0.0285. The molecule has 4 aromatic rings. The molecule has 0 aliphatic carbocycles. The topological polar surface area (TPSA) is 114 Å². The normalized spacial score (nSPS) is 16.9. The van der Waals surface area contributed by atoms with Crippen molar-refractivity contribution >= 4 is 17.0 Å². The zero-order valence-electron chi connectivity index (χ0n) is 23.3. The quantitative estimate of drug-likeness (QED) is 0.369. The molecule has 3 heterocycles. The number of carboxylic acid groups (broad SMARTS) is 1. The fourth-order valence-electron chi connectivity index (χ4n) is 5.66. The van der Waals surface area contributed by atoms with Gasteiger partial charge in [0.1, 0.15) is 23.1 Å². The second-order valence-corrected chi connectivity index (χ2v) is 11.2. The average Bonchev–Trinajstić information content (AvgIpc) is 3.17. The van der Waals surface area contributed by atoms with Crippen LogP contribution in [-0.2, 0) is 24.9 Å². The predicted molar refractivity (Wildman–Crippen MR) is 148 cm³/mol. The fraction of sp³-hybridized carbons (Fsp3) is 0.400. The first-order valence-corrected chi connectivity index (χ1v) is 13.1. The minimum Gasteiger partial charge on any atom is -0.493 e. The van der Waals surface area contributed by atoms with E-state index in [-0.39, 0.29) is 12.0 Å². The van der Waals surface area contributed by atoms with E-state index in [1.54, 1.807) is 30.7 Å². The van der Waals surface area contributed by atoms with E-state index in [1.807, 2.05) is 39.1 Å². The van der Waals surface area contributed by atoms with Crippen LogP contribution in [0.1, 0.15) is 60.2 Å². The smallest absolute Gasteiger partial charge is 0.310 e. The van der Waals surface area contributed by atoms with Crippen LogP contribution in [0.15, 0.2) is 42.5 Å². The Kier molecular flexibility index (Phi) is 6.80. The molecule has 0 fully saturated rings. The molecule has 2 N–H and O–H groups in total. The van der Waals surface area contributed by atoms with Gasteiger partial charge in [-0.1, -0.05) is 29.5 Å². The molecule has 0 saturated carbocycles. The molecule has 2 atom stereocenters. The lowest BCUT2D eigenvalue weighted by Gasteiger charge is -2.33. The van der Waals surface area contributed by atoms with Crippen LogP contribution in [0.5, 0.6) is 11.6 Å². The van der Waals surface area contributed by atoms with E-state index in [1.165, 1.54) is 0 Å². The summed E-state index contributed by atoms with van der Waals surface area (Å²) < 4.78 is 7.79. The maximum Gasteiger partial charge on any atom is 0.310 e. The molecule has 0 radical (unpaired) electrons. The standard InChI is InChI=1S/C30H35N5O4/c1-17-7-8-20(13-21(17)15-35-14-18(2)39-25-11-12-26(36)31-23(25)16-35)27(30(4,5)29(37)38)22-9-10-24-28(19(22)3)32-33-34(24)6/h7-13,18,27H,14-16H2,1-6H3,(H,31,36)(H,37,38)/t18-,27-/m0/s1. The molecule has 5 rings (SSSR count). The molecule has 204 valence electrons. The van der Waals surface area contributed by atoms with Gasteiger partial charge in [-0.25, -0.2) is 9.67 Å². The Hall–Kier alpha value is -3.98. The zero-order valence-corrected chi connectivity index (χ0v) is 23.3. The number of carboxylic acids is 1. The van der Waals surface area contributed by atoms with Crippen LogP contribution in [0, 0.1) is 19.3 Å². The number of aryl methyl sites for hydroxylation is 3. The highest BCUT2D eigenvalue weighted by Gasteiger charge is 2.40. The number of carbonyl (C=O) groups is 1. The van der Waals surface area contributed by atoms with E-state index in [2.05, 4.69) is 39.3 Å². The van der Waals surface area contributed by atoms with Gasteiger partial charge in [0.15, 0.2) is 0 Å². The lowest BCUT2D eigenvalue weighted by atomic mass is 9.69. The second kappa shape index (κ2) is 9.96. The third-order valence-corrected chi connectivity index (χ3v) is 7.90. The fourth-order valence-corrected chi connectivity index (χ4v) is 5.66. The number of rotatable bonds is 6. The number of hydrogen-bond donors (Lipinski definition) is 2. The predicted octanol–water partition coefficient (Wildman–Crippen LogP) is 4.71. The number of hydrogen-bond acceptors (Lipinski definition) is 7. The number of fused-ring (bicyclic) bond motifs is 2. The summed E-state index contributed by atoms with van der Waals surface area (Å²) in [6.45, 7) is 11.5. The number of aromatic hydroxyl groups is 1. The third-order valence-electron chi connectivity index (χ3n) is 7.90. The van der Waals surface area contributed by atoms with Crippen molar-refractivity contribution in [3.8, 4) is 11.6 Å². The van der Waals surface area contributed by atoms with Gasteiger partial charge < -0.3 is 14.9 Å². The van der Waals surface area contributed by atoms with Gasteiger partial charge in [0.05, 0.1) is 10.9 Å². The number of aliphatic carboxylic acids is 1. The van der Waals surface area contributed by atoms with Crippen LogP contribution in [0.4, 0.5) is 0 Å².